The van der Waals surface area contributed by atoms with Gasteiger partial charge in [0.25, 0.3) is 10.1 Å². The highest BCUT2D eigenvalue weighted by Crippen LogP contribution is 2.33. The van der Waals surface area contributed by atoms with Gasteiger partial charge in [0, 0.05) is 4.91 Å². The van der Waals surface area contributed by atoms with Crippen molar-refractivity contribution in [1.82, 2.24) is 0 Å². The van der Waals surface area contributed by atoms with Crippen LogP contribution in [0.4, 0.5) is 17.6 Å². The Balaban J connectivity index is 0.000000195. The third-order valence-electron chi connectivity index (χ3n) is 7.31. The minimum Gasteiger partial charge on any atom is -0.460 e. The van der Waals surface area contributed by atoms with E-state index in [0.717, 1.165) is 30.5 Å². The lowest BCUT2D eigenvalue weighted by Gasteiger charge is -2.15. The van der Waals surface area contributed by atoms with Crippen LogP contribution in [0.1, 0.15) is 37.5 Å². The summed E-state index contributed by atoms with van der Waals surface area (Å²) in [6.07, 6.45) is -0.326. The number of benzene rings is 4. The molecule has 6 aromatic rings. The van der Waals surface area contributed by atoms with Crippen LogP contribution < -0.4 is 10.9 Å². The van der Waals surface area contributed by atoms with Gasteiger partial charge < -0.3 is 8.83 Å². The Morgan fingerprint density at radius 3 is 1.60 bits per heavy atom. The molecule has 2 heterocycles. The van der Waals surface area contributed by atoms with Gasteiger partial charge >= 0.3 is 0 Å². The molecule has 2 atom stereocenters. The van der Waals surface area contributed by atoms with Gasteiger partial charge in [-0.2, -0.15) is 8.42 Å². The molecule has 10 nitrogen and oxygen atoms in total. The number of rotatable bonds is 7. The summed E-state index contributed by atoms with van der Waals surface area (Å²) in [7, 11) is -3.86. The molecular formula is C35H25F4N3O7S. The van der Waals surface area contributed by atoms with E-state index in [4.69, 9.17) is 18.5 Å². The molecule has 4 aromatic carbocycles. The molecule has 0 amide bonds. The standard InChI is InChI=1S/C18H14F2O5S.C17H11F2N3O2/c1-10(25-26(2,22)23)18-15(11-5-3-6-12(19)9-11)17(21)16-13(20)7-4-8-14(16)24-18;1-9(21-22-20)17-14(10-4-2-5-11(18)8-10)16(23)15-12(19)6-3-7-13(15)24-17/h3-10H,1-2H3;2-9H,1H3. The molecule has 50 heavy (non-hydrogen) atoms. The maximum atomic E-state index is 14.2. The van der Waals surface area contributed by atoms with Crippen molar-refractivity contribution >= 4 is 32.1 Å². The summed E-state index contributed by atoms with van der Waals surface area (Å²) in [6.45, 7) is 2.90. The van der Waals surface area contributed by atoms with E-state index in [1.165, 1.54) is 74.5 Å². The van der Waals surface area contributed by atoms with Crippen molar-refractivity contribution in [2.45, 2.75) is 26.0 Å². The second-order valence-electron chi connectivity index (χ2n) is 10.9. The van der Waals surface area contributed by atoms with Gasteiger partial charge in [-0.05, 0) is 79.0 Å². The van der Waals surface area contributed by atoms with E-state index >= 15 is 0 Å². The number of halogens is 4. The van der Waals surface area contributed by atoms with Gasteiger partial charge in [-0.1, -0.05) is 41.5 Å². The van der Waals surface area contributed by atoms with Gasteiger partial charge in [0.1, 0.15) is 62.8 Å². The van der Waals surface area contributed by atoms with Crippen molar-refractivity contribution < 1.29 is 39.0 Å². The normalized spacial score (nSPS) is 12.5. The topological polar surface area (TPSA) is 153 Å². The maximum Gasteiger partial charge on any atom is 0.265 e. The molecule has 2 aromatic heterocycles. The van der Waals surface area contributed by atoms with Gasteiger partial charge in [0.2, 0.25) is 10.9 Å². The Kier molecular flexibility index (Phi) is 10.2. The third-order valence-corrected chi connectivity index (χ3v) is 7.95. The first-order chi connectivity index (χ1) is 23.7. The zero-order chi connectivity index (χ0) is 36.3. The zero-order valence-corrected chi connectivity index (χ0v) is 27.2. The Hall–Kier alpha value is -5.76. The van der Waals surface area contributed by atoms with Crippen LogP contribution in [0.25, 0.3) is 54.6 Å². The van der Waals surface area contributed by atoms with E-state index in [1.54, 1.807) is 0 Å². The molecule has 0 spiro atoms. The fourth-order valence-electron chi connectivity index (χ4n) is 5.28. The molecule has 0 aliphatic heterocycles. The largest absolute Gasteiger partial charge is 0.460 e. The first-order valence-corrected chi connectivity index (χ1v) is 16.5. The Morgan fingerprint density at radius 1 is 0.720 bits per heavy atom. The van der Waals surface area contributed by atoms with Crippen LogP contribution >= 0.6 is 0 Å². The second-order valence-corrected chi connectivity index (χ2v) is 12.5. The summed E-state index contributed by atoms with van der Waals surface area (Å²) in [5.41, 5.74) is 7.42. The van der Waals surface area contributed by atoms with Crippen LogP contribution in [0.5, 0.6) is 0 Å². The van der Waals surface area contributed by atoms with Crippen molar-refractivity contribution in [2.75, 3.05) is 6.26 Å². The molecule has 0 radical (unpaired) electrons. The van der Waals surface area contributed by atoms with Gasteiger partial charge in [-0.25, -0.2) is 17.6 Å². The van der Waals surface area contributed by atoms with Gasteiger partial charge in [-0.3, -0.25) is 13.8 Å². The van der Waals surface area contributed by atoms with Crippen molar-refractivity contribution in [3.05, 3.63) is 151 Å². The smallest absolute Gasteiger partial charge is 0.265 e. The van der Waals surface area contributed by atoms with Crippen LogP contribution in [0.15, 0.2) is 108 Å². The van der Waals surface area contributed by atoms with Crippen LogP contribution in [-0.2, 0) is 14.3 Å². The van der Waals surface area contributed by atoms with Gasteiger partial charge in [0.05, 0.1) is 23.4 Å². The molecule has 0 saturated heterocycles. The lowest BCUT2D eigenvalue weighted by Crippen LogP contribution is -2.15. The average Bonchev–Trinajstić information content (AvgIpc) is 3.04. The second kappa shape index (κ2) is 14.4. The zero-order valence-electron chi connectivity index (χ0n) is 26.4. The van der Waals surface area contributed by atoms with Crippen LogP contribution in [-0.4, -0.2) is 14.7 Å². The quantitative estimate of drug-likeness (QED) is 0.0528. The fourth-order valence-corrected chi connectivity index (χ4v) is 5.89. The first-order valence-electron chi connectivity index (χ1n) is 14.6. The van der Waals surface area contributed by atoms with Crippen molar-refractivity contribution in [3.8, 4) is 22.3 Å². The van der Waals surface area contributed by atoms with E-state index in [9.17, 15) is 35.6 Å². The van der Waals surface area contributed by atoms with Crippen LogP contribution in [0.3, 0.4) is 0 Å². The monoisotopic (exact) mass is 707 g/mol. The summed E-state index contributed by atoms with van der Waals surface area (Å²) in [4.78, 5) is 28.5. The molecule has 0 aliphatic carbocycles. The Labute approximate surface area is 280 Å². The molecule has 0 N–H and O–H groups in total. The molecule has 2 unspecified atom stereocenters. The first kappa shape index (κ1) is 35.5. The lowest BCUT2D eigenvalue weighted by atomic mass is 9.99. The van der Waals surface area contributed by atoms with E-state index in [-0.39, 0.29) is 55.7 Å². The molecule has 0 saturated carbocycles. The van der Waals surface area contributed by atoms with E-state index < -0.39 is 56.4 Å². The summed E-state index contributed by atoms with van der Waals surface area (Å²) in [6, 6.07) is 17.4. The summed E-state index contributed by atoms with van der Waals surface area (Å²) in [5, 5.41) is 3.00. The fraction of sp³-hybridized carbons (Fsp3) is 0.143. The highest BCUT2D eigenvalue weighted by atomic mass is 32.2. The molecular weight excluding hydrogens is 682 g/mol. The molecule has 0 bridgehead atoms. The van der Waals surface area contributed by atoms with E-state index in [2.05, 4.69) is 10.0 Å². The predicted molar refractivity (Wildman–Crippen MR) is 178 cm³/mol. The minimum absolute atomic E-state index is 0.0213. The Bertz CT molecular complexity index is 2550. The van der Waals surface area contributed by atoms with Crippen LogP contribution in [0, 0.1) is 23.3 Å². The maximum absolute atomic E-state index is 14.2. The number of nitrogens with zero attached hydrogens (tertiary/aromatic N) is 3. The Morgan fingerprint density at radius 2 is 1.16 bits per heavy atom. The molecule has 15 heteroatoms. The van der Waals surface area contributed by atoms with E-state index in [0.29, 0.717) is 0 Å². The molecule has 256 valence electrons. The average molecular weight is 708 g/mol. The minimum atomic E-state index is -3.86. The number of hydrogen-bond acceptors (Lipinski definition) is 8. The number of fused-ring (bicyclic) bond motifs is 2. The summed E-state index contributed by atoms with van der Waals surface area (Å²) >= 11 is 0. The summed E-state index contributed by atoms with van der Waals surface area (Å²) in [5.74, 6) is -2.77. The predicted octanol–water partition coefficient (Wildman–Crippen LogP) is 8.88. The van der Waals surface area contributed by atoms with Crippen LogP contribution in [0.2, 0.25) is 0 Å². The molecule has 0 fully saturated rings. The highest BCUT2D eigenvalue weighted by Gasteiger charge is 2.26. The van der Waals surface area contributed by atoms with Gasteiger partial charge in [-0.15, -0.1) is 0 Å². The third kappa shape index (κ3) is 7.44. The van der Waals surface area contributed by atoms with Crippen molar-refractivity contribution in [2.24, 2.45) is 5.11 Å². The highest BCUT2D eigenvalue weighted by molar-refractivity contribution is 7.86. The van der Waals surface area contributed by atoms with Gasteiger partial charge in [0.15, 0.2) is 0 Å². The SMILES string of the molecule is CC(N=[N+]=[N-])c1oc2cccc(F)c2c(=O)c1-c1cccc(F)c1.CC(OS(C)(=O)=O)c1oc2cccc(F)c2c(=O)c1-c1cccc(F)c1. The number of azide groups is 1. The molecule has 6 rings (SSSR count). The van der Waals surface area contributed by atoms with Crippen molar-refractivity contribution in [3.63, 3.8) is 0 Å². The molecule has 0 aliphatic rings. The lowest BCUT2D eigenvalue weighted by molar-refractivity contribution is 0.207. The summed E-state index contributed by atoms with van der Waals surface area (Å²) < 4.78 is 94.5. The van der Waals surface area contributed by atoms with Crippen molar-refractivity contribution in [1.29, 1.82) is 0 Å². The van der Waals surface area contributed by atoms with E-state index in [1.807, 2.05) is 0 Å². The number of hydrogen-bond donors (Lipinski definition) is 0.